The average Bonchev–Trinajstić information content (AvgIpc) is 2.22. The van der Waals surface area contributed by atoms with Gasteiger partial charge in [-0.2, -0.15) is 0 Å². The Kier molecular flexibility index (Phi) is 4.40. The van der Waals surface area contributed by atoms with Crippen LogP contribution in [0.15, 0.2) is 24.3 Å². The molecule has 1 heteroatoms. The topological polar surface area (TPSA) is 20.2 Å². The summed E-state index contributed by atoms with van der Waals surface area (Å²) in [6, 6.07) is 7.63. The van der Waals surface area contributed by atoms with E-state index < -0.39 is 0 Å². The molecule has 0 saturated carbocycles. The van der Waals surface area contributed by atoms with Gasteiger partial charge < -0.3 is 5.11 Å². The van der Waals surface area contributed by atoms with Crippen molar-refractivity contribution in [3.63, 3.8) is 0 Å². The molecule has 0 fully saturated rings. The fourth-order valence-electron chi connectivity index (χ4n) is 2.23. The highest BCUT2D eigenvalue weighted by molar-refractivity contribution is 5.26. The molecule has 0 aliphatic rings. The van der Waals surface area contributed by atoms with Gasteiger partial charge in [0.25, 0.3) is 0 Å². The predicted octanol–water partition coefficient (Wildman–Crippen LogP) is 4.40. The number of aromatic hydroxyl groups is 1. The maximum absolute atomic E-state index is 9.27. The Bertz CT molecular complexity index is 313. The van der Waals surface area contributed by atoms with Crippen LogP contribution in [0.3, 0.4) is 0 Å². The first-order valence-corrected chi connectivity index (χ1v) is 6.26. The zero-order valence-corrected chi connectivity index (χ0v) is 11.0. The Labute approximate surface area is 99.5 Å². The molecule has 0 spiro atoms. The maximum Gasteiger partial charge on any atom is 0.115 e. The van der Waals surface area contributed by atoms with Crippen molar-refractivity contribution < 1.29 is 5.11 Å². The summed E-state index contributed by atoms with van der Waals surface area (Å²) in [7, 11) is 0. The highest BCUT2D eigenvalue weighted by Crippen LogP contribution is 2.36. The van der Waals surface area contributed by atoms with Gasteiger partial charge in [0.15, 0.2) is 0 Å². The highest BCUT2D eigenvalue weighted by Gasteiger charge is 2.27. The van der Waals surface area contributed by atoms with Gasteiger partial charge in [-0.3, -0.25) is 0 Å². The molecule has 0 radical (unpaired) electrons. The van der Waals surface area contributed by atoms with Crippen LogP contribution < -0.4 is 0 Å². The maximum atomic E-state index is 9.27. The lowest BCUT2D eigenvalue weighted by atomic mass is 9.71. The molecule has 0 saturated heterocycles. The van der Waals surface area contributed by atoms with Crippen molar-refractivity contribution in [3.05, 3.63) is 29.8 Å². The van der Waals surface area contributed by atoms with Crippen LogP contribution in [0, 0.1) is 11.3 Å². The number of benzene rings is 1. The van der Waals surface area contributed by atoms with Crippen molar-refractivity contribution in [1.29, 1.82) is 0 Å². The Morgan fingerprint density at radius 1 is 1.19 bits per heavy atom. The Morgan fingerprint density at radius 3 is 2.19 bits per heavy atom. The van der Waals surface area contributed by atoms with Gasteiger partial charge in [0.2, 0.25) is 0 Å². The zero-order valence-electron chi connectivity index (χ0n) is 11.0. The molecule has 1 aromatic rings. The lowest BCUT2D eigenvalue weighted by Crippen LogP contribution is -2.26. The first kappa shape index (κ1) is 13.1. The van der Waals surface area contributed by atoms with Gasteiger partial charge in [0, 0.05) is 0 Å². The van der Waals surface area contributed by atoms with Gasteiger partial charge >= 0.3 is 0 Å². The zero-order chi connectivity index (χ0) is 12.2. The number of phenolic OH excluding ortho intramolecular Hbond substituents is 1. The van der Waals surface area contributed by atoms with Crippen molar-refractivity contribution in [2.75, 3.05) is 0 Å². The minimum Gasteiger partial charge on any atom is -0.508 e. The molecule has 90 valence electrons. The predicted molar refractivity (Wildman–Crippen MR) is 69.7 cm³/mol. The smallest absolute Gasteiger partial charge is 0.115 e. The fraction of sp³-hybridized carbons (Fsp3) is 0.600. The summed E-state index contributed by atoms with van der Waals surface area (Å²) >= 11 is 0. The van der Waals surface area contributed by atoms with Crippen LogP contribution in [-0.2, 0) is 6.42 Å². The van der Waals surface area contributed by atoms with E-state index in [1.165, 1.54) is 18.4 Å². The van der Waals surface area contributed by atoms with E-state index in [-0.39, 0.29) is 0 Å². The van der Waals surface area contributed by atoms with Crippen LogP contribution >= 0.6 is 0 Å². The molecule has 1 N–H and O–H groups in total. The molecule has 1 unspecified atom stereocenters. The summed E-state index contributed by atoms with van der Waals surface area (Å²) in [5.41, 5.74) is 1.69. The molecule has 0 aliphatic carbocycles. The molecular formula is C15H24O. The summed E-state index contributed by atoms with van der Waals surface area (Å²) in [6.45, 7) is 9.22. The lowest BCUT2D eigenvalue weighted by Gasteiger charge is -2.34. The van der Waals surface area contributed by atoms with Crippen molar-refractivity contribution in [2.24, 2.45) is 11.3 Å². The minimum absolute atomic E-state index is 0.352. The molecule has 0 heterocycles. The molecule has 0 bridgehead atoms. The first-order valence-electron chi connectivity index (χ1n) is 6.26. The molecule has 0 aliphatic heterocycles. The molecule has 0 aromatic heterocycles. The average molecular weight is 220 g/mol. The van der Waals surface area contributed by atoms with E-state index in [2.05, 4.69) is 27.7 Å². The number of hydrogen-bond acceptors (Lipinski definition) is 1. The van der Waals surface area contributed by atoms with Gasteiger partial charge in [-0.1, -0.05) is 46.2 Å². The number of phenols is 1. The van der Waals surface area contributed by atoms with E-state index in [1.54, 1.807) is 12.1 Å². The Morgan fingerprint density at radius 2 is 1.75 bits per heavy atom. The van der Waals surface area contributed by atoms with E-state index in [1.807, 2.05) is 12.1 Å². The molecular weight excluding hydrogens is 196 g/mol. The lowest BCUT2D eigenvalue weighted by molar-refractivity contribution is 0.195. The van der Waals surface area contributed by atoms with E-state index in [9.17, 15) is 5.11 Å². The second kappa shape index (κ2) is 5.38. The van der Waals surface area contributed by atoms with Crippen molar-refractivity contribution >= 4 is 0 Å². The van der Waals surface area contributed by atoms with Crippen LogP contribution in [0.2, 0.25) is 0 Å². The van der Waals surface area contributed by atoms with Gasteiger partial charge in [-0.05, 0) is 41.9 Å². The fourth-order valence-corrected chi connectivity index (χ4v) is 2.23. The third-order valence-corrected chi connectivity index (χ3v) is 3.76. The highest BCUT2D eigenvalue weighted by atomic mass is 16.3. The van der Waals surface area contributed by atoms with Crippen molar-refractivity contribution in [1.82, 2.24) is 0 Å². The Hall–Kier alpha value is -0.980. The summed E-state index contributed by atoms with van der Waals surface area (Å²) in [5.74, 6) is 1.03. The molecule has 16 heavy (non-hydrogen) atoms. The normalized spacial score (nSPS) is 15.1. The van der Waals surface area contributed by atoms with Gasteiger partial charge in [-0.15, -0.1) is 0 Å². The third-order valence-electron chi connectivity index (χ3n) is 3.76. The van der Waals surface area contributed by atoms with Crippen LogP contribution in [0.5, 0.6) is 5.75 Å². The van der Waals surface area contributed by atoms with Gasteiger partial charge in [-0.25, -0.2) is 0 Å². The first-order chi connectivity index (χ1) is 7.48. The van der Waals surface area contributed by atoms with E-state index >= 15 is 0 Å². The number of rotatable bonds is 5. The van der Waals surface area contributed by atoms with Gasteiger partial charge in [0.1, 0.15) is 5.75 Å². The summed E-state index contributed by atoms with van der Waals surface area (Å²) < 4.78 is 0. The van der Waals surface area contributed by atoms with Crippen molar-refractivity contribution in [3.8, 4) is 5.75 Å². The van der Waals surface area contributed by atoms with E-state index in [0.29, 0.717) is 17.1 Å². The summed E-state index contributed by atoms with van der Waals surface area (Å²) in [5, 5.41) is 9.27. The molecule has 0 amide bonds. The molecule has 1 aromatic carbocycles. The van der Waals surface area contributed by atoms with Crippen LogP contribution in [0.25, 0.3) is 0 Å². The largest absolute Gasteiger partial charge is 0.508 e. The third kappa shape index (κ3) is 3.26. The van der Waals surface area contributed by atoms with Crippen molar-refractivity contribution in [2.45, 2.75) is 47.0 Å². The van der Waals surface area contributed by atoms with Crippen LogP contribution in [-0.4, -0.2) is 5.11 Å². The standard InChI is InChI=1S/C15H24O/c1-5-10-15(4,12(2)3)11-13-6-8-14(16)9-7-13/h6-9,12,16H,5,10-11H2,1-4H3. The van der Waals surface area contributed by atoms with Crippen LogP contribution in [0.4, 0.5) is 0 Å². The summed E-state index contributed by atoms with van der Waals surface area (Å²) in [6.07, 6.45) is 3.58. The van der Waals surface area contributed by atoms with E-state index in [4.69, 9.17) is 0 Å². The quantitative estimate of drug-likeness (QED) is 0.780. The minimum atomic E-state index is 0.352. The molecule has 1 rings (SSSR count). The molecule has 1 nitrogen and oxygen atoms in total. The Balaban J connectivity index is 2.79. The second-order valence-corrected chi connectivity index (χ2v) is 5.40. The second-order valence-electron chi connectivity index (χ2n) is 5.40. The number of hydrogen-bond donors (Lipinski definition) is 1. The van der Waals surface area contributed by atoms with Crippen LogP contribution in [0.1, 0.15) is 46.1 Å². The van der Waals surface area contributed by atoms with Gasteiger partial charge in [0.05, 0.1) is 0 Å². The SMILES string of the molecule is CCCC(C)(Cc1ccc(O)cc1)C(C)C. The van der Waals surface area contributed by atoms with E-state index in [0.717, 1.165) is 6.42 Å². The monoisotopic (exact) mass is 220 g/mol. The summed E-state index contributed by atoms with van der Waals surface area (Å²) in [4.78, 5) is 0. The molecule has 1 atom stereocenters.